The van der Waals surface area contributed by atoms with Crippen LogP contribution in [-0.4, -0.2) is 6.54 Å². The lowest BCUT2D eigenvalue weighted by molar-refractivity contribution is 0.141. The molecule has 1 nitrogen and oxygen atoms in total. The Hall–Kier alpha value is -0.0400. The van der Waals surface area contributed by atoms with Gasteiger partial charge >= 0.3 is 0 Å². The van der Waals surface area contributed by atoms with Crippen LogP contribution in [-0.2, 0) is 0 Å². The Labute approximate surface area is 89.5 Å². The average Bonchev–Trinajstić information content (AvgIpc) is 2.17. The molecule has 1 aliphatic carbocycles. The molecule has 0 radical (unpaired) electrons. The first-order chi connectivity index (χ1) is 6.81. The minimum Gasteiger partial charge on any atom is -0.330 e. The van der Waals surface area contributed by atoms with Crippen LogP contribution in [0.1, 0.15) is 58.8 Å². The highest BCUT2D eigenvalue weighted by Crippen LogP contribution is 2.39. The Balaban J connectivity index is 2.18. The van der Waals surface area contributed by atoms with Crippen LogP contribution in [0.4, 0.5) is 0 Å². The molecule has 1 aliphatic rings. The number of unbranched alkanes of at least 4 members (excludes halogenated alkanes) is 1. The van der Waals surface area contributed by atoms with Crippen molar-refractivity contribution in [2.75, 3.05) is 6.54 Å². The number of nitrogens with two attached hydrogens (primary N) is 1. The van der Waals surface area contributed by atoms with Crippen molar-refractivity contribution in [3.8, 4) is 0 Å². The summed E-state index contributed by atoms with van der Waals surface area (Å²) < 4.78 is 0. The third kappa shape index (κ3) is 3.27. The molecule has 0 aromatic heterocycles. The first-order valence-corrected chi connectivity index (χ1v) is 6.51. The van der Waals surface area contributed by atoms with Crippen molar-refractivity contribution in [3.63, 3.8) is 0 Å². The van der Waals surface area contributed by atoms with Gasteiger partial charge in [0, 0.05) is 0 Å². The third-order valence-corrected chi connectivity index (χ3v) is 4.06. The lowest BCUT2D eigenvalue weighted by Crippen LogP contribution is -2.33. The molecule has 3 unspecified atom stereocenters. The Kier molecular flexibility index (Phi) is 5.54. The Morgan fingerprint density at radius 3 is 2.36 bits per heavy atom. The standard InChI is InChI=1S/C13H27N/c1-3-5-6-11(4-2)9-12-7-8-13(12)10-14/h11-13H,3-10,14H2,1-2H3. The van der Waals surface area contributed by atoms with E-state index in [9.17, 15) is 0 Å². The van der Waals surface area contributed by atoms with E-state index in [0.717, 1.165) is 24.3 Å². The van der Waals surface area contributed by atoms with Crippen LogP contribution in [0.2, 0.25) is 0 Å². The lowest BCUT2D eigenvalue weighted by Gasteiger charge is -2.38. The zero-order valence-corrected chi connectivity index (χ0v) is 9.97. The maximum atomic E-state index is 5.74. The normalized spacial score (nSPS) is 28.5. The molecule has 0 amide bonds. The van der Waals surface area contributed by atoms with E-state index >= 15 is 0 Å². The molecule has 1 saturated carbocycles. The van der Waals surface area contributed by atoms with Gasteiger partial charge in [-0.2, -0.15) is 0 Å². The van der Waals surface area contributed by atoms with Gasteiger partial charge < -0.3 is 5.73 Å². The second-order valence-corrected chi connectivity index (χ2v) is 4.99. The van der Waals surface area contributed by atoms with E-state index in [1.54, 1.807) is 0 Å². The van der Waals surface area contributed by atoms with Gasteiger partial charge in [0.1, 0.15) is 0 Å². The first-order valence-electron chi connectivity index (χ1n) is 6.51. The molecular weight excluding hydrogens is 170 g/mol. The molecular formula is C13H27N. The smallest absolute Gasteiger partial charge is 0.00462 e. The van der Waals surface area contributed by atoms with Gasteiger partial charge in [-0.15, -0.1) is 0 Å². The van der Waals surface area contributed by atoms with Gasteiger partial charge in [0.2, 0.25) is 0 Å². The molecule has 0 aliphatic heterocycles. The van der Waals surface area contributed by atoms with Crippen molar-refractivity contribution in [3.05, 3.63) is 0 Å². The zero-order valence-electron chi connectivity index (χ0n) is 9.97. The van der Waals surface area contributed by atoms with Gasteiger partial charge in [-0.3, -0.25) is 0 Å². The molecule has 3 atom stereocenters. The molecule has 0 aromatic rings. The summed E-state index contributed by atoms with van der Waals surface area (Å²) >= 11 is 0. The quantitative estimate of drug-likeness (QED) is 0.663. The number of hydrogen-bond acceptors (Lipinski definition) is 1. The maximum Gasteiger partial charge on any atom is -0.00462 e. The van der Waals surface area contributed by atoms with E-state index in [1.807, 2.05) is 0 Å². The second-order valence-electron chi connectivity index (χ2n) is 4.99. The Morgan fingerprint density at radius 1 is 1.21 bits per heavy atom. The summed E-state index contributed by atoms with van der Waals surface area (Å²) in [5.74, 6) is 2.82. The first kappa shape index (κ1) is 12.0. The Morgan fingerprint density at radius 2 is 1.93 bits per heavy atom. The van der Waals surface area contributed by atoms with Crippen molar-refractivity contribution in [2.24, 2.45) is 23.5 Å². The van der Waals surface area contributed by atoms with Crippen LogP contribution in [0.3, 0.4) is 0 Å². The van der Waals surface area contributed by atoms with E-state index in [2.05, 4.69) is 13.8 Å². The minimum absolute atomic E-state index is 0.866. The molecule has 2 N–H and O–H groups in total. The molecule has 14 heavy (non-hydrogen) atoms. The lowest BCUT2D eigenvalue weighted by atomic mass is 9.69. The molecule has 0 aromatic carbocycles. The molecule has 1 heteroatoms. The summed E-state index contributed by atoms with van der Waals surface area (Å²) in [5.41, 5.74) is 5.74. The average molecular weight is 197 g/mol. The highest BCUT2D eigenvalue weighted by molar-refractivity contribution is 4.82. The van der Waals surface area contributed by atoms with Crippen LogP contribution in [0.15, 0.2) is 0 Å². The van der Waals surface area contributed by atoms with Crippen LogP contribution in [0.25, 0.3) is 0 Å². The number of rotatable bonds is 7. The molecule has 0 heterocycles. The van der Waals surface area contributed by atoms with E-state index in [0.29, 0.717) is 0 Å². The second kappa shape index (κ2) is 6.44. The van der Waals surface area contributed by atoms with Gasteiger partial charge in [0.05, 0.1) is 0 Å². The van der Waals surface area contributed by atoms with Crippen LogP contribution < -0.4 is 5.73 Å². The van der Waals surface area contributed by atoms with Gasteiger partial charge in [-0.25, -0.2) is 0 Å². The monoisotopic (exact) mass is 197 g/mol. The molecule has 0 saturated heterocycles. The third-order valence-electron chi connectivity index (χ3n) is 4.06. The van der Waals surface area contributed by atoms with E-state index in [4.69, 9.17) is 5.73 Å². The highest BCUT2D eigenvalue weighted by atomic mass is 14.6. The van der Waals surface area contributed by atoms with Crippen molar-refractivity contribution in [1.82, 2.24) is 0 Å². The number of hydrogen-bond donors (Lipinski definition) is 1. The molecule has 0 spiro atoms. The summed E-state index contributed by atoms with van der Waals surface area (Å²) in [5, 5.41) is 0. The fourth-order valence-corrected chi connectivity index (χ4v) is 2.67. The maximum absolute atomic E-state index is 5.74. The van der Waals surface area contributed by atoms with Crippen molar-refractivity contribution in [2.45, 2.75) is 58.8 Å². The molecule has 1 fully saturated rings. The SMILES string of the molecule is CCCCC(CC)CC1CCC1CN. The largest absolute Gasteiger partial charge is 0.330 e. The van der Waals surface area contributed by atoms with Crippen LogP contribution in [0, 0.1) is 17.8 Å². The topological polar surface area (TPSA) is 26.0 Å². The minimum atomic E-state index is 0.866. The molecule has 0 bridgehead atoms. The van der Waals surface area contributed by atoms with E-state index < -0.39 is 0 Å². The zero-order chi connectivity index (χ0) is 10.4. The summed E-state index contributed by atoms with van der Waals surface area (Å²) in [7, 11) is 0. The van der Waals surface area contributed by atoms with Crippen molar-refractivity contribution in [1.29, 1.82) is 0 Å². The molecule has 84 valence electrons. The van der Waals surface area contributed by atoms with Crippen molar-refractivity contribution < 1.29 is 0 Å². The van der Waals surface area contributed by atoms with E-state index in [-0.39, 0.29) is 0 Å². The predicted octanol–water partition coefficient (Wildman–Crippen LogP) is 3.58. The Bertz CT molecular complexity index is 142. The summed E-state index contributed by atoms with van der Waals surface area (Å²) in [6.07, 6.45) is 9.88. The van der Waals surface area contributed by atoms with Gasteiger partial charge in [-0.05, 0) is 43.6 Å². The summed E-state index contributed by atoms with van der Waals surface area (Å²) in [4.78, 5) is 0. The summed E-state index contributed by atoms with van der Waals surface area (Å²) in [6, 6.07) is 0. The van der Waals surface area contributed by atoms with Gasteiger partial charge in [-0.1, -0.05) is 39.5 Å². The van der Waals surface area contributed by atoms with Crippen LogP contribution >= 0.6 is 0 Å². The summed E-state index contributed by atoms with van der Waals surface area (Å²) in [6.45, 7) is 5.56. The van der Waals surface area contributed by atoms with Crippen molar-refractivity contribution >= 4 is 0 Å². The fourth-order valence-electron chi connectivity index (χ4n) is 2.67. The van der Waals surface area contributed by atoms with Gasteiger partial charge in [0.25, 0.3) is 0 Å². The highest BCUT2D eigenvalue weighted by Gasteiger charge is 2.30. The fraction of sp³-hybridized carbons (Fsp3) is 1.00. The van der Waals surface area contributed by atoms with Crippen LogP contribution in [0.5, 0.6) is 0 Å². The molecule has 1 rings (SSSR count). The van der Waals surface area contributed by atoms with E-state index in [1.165, 1.54) is 44.9 Å². The predicted molar refractivity (Wildman–Crippen MR) is 63.2 cm³/mol. The van der Waals surface area contributed by atoms with Gasteiger partial charge in [0.15, 0.2) is 0 Å².